The lowest BCUT2D eigenvalue weighted by Crippen LogP contribution is -2.30. The minimum absolute atomic E-state index is 0.258. The van der Waals surface area contributed by atoms with Gasteiger partial charge < -0.3 is 25.5 Å². The van der Waals surface area contributed by atoms with E-state index in [4.69, 9.17) is 9.72 Å². The Hall–Kier alpha value is -3.88. The highest BCUT2D eigenvalue weighted by Gasteiger charge is 2.21. The molecule has 0 aromatic carbocycles. The molecule has 3 aromatic heterocycles. The molecule has 1 unspecified atom stereocenters. The van der Waals surface area contributed by atoms with Gasteiger partial charge in [-0.15, -0.1) is 0 Å². The standard InChI is InChI=1S/C26H31N5O4/c1-3-35-23-11-8-19(15-28-23)21(14-24(32)33)31-26(34)22-13-18(16(2)29-22)7-10-20-9-6-17-5-4-12-27-25(17)30-20/h6,8-9,11,13,15,21,29H,3-5,7,10,12,14H2,1-2H3,(H,27,30)(H,31,34)(H,32,33). The summed E-state index contributed by atoms with van der Waals surface area (Å²) in [6, 6.07) is 8.71. The first-order valence-corrected chi connectivity index (χ1v) is 12.0. The first-order valence-electron chi connectivity index (χ1n) is 12.0. The van der Waals surface area contributed by atoms with E-state index >= 15 is 0 Å². The first kappa shape index (κ1) is 24.3. The van der Waals surface area contributed by atoms with Crippen LogP contribution in [-0.4, -0.2) is 45.1 Å². The number of rotatable bonds is 10. The summed E-state index contributed by atoms with van der Waals surface area (Å²) in [4.78, 5) is 36.5. The summed E-state index contributed by atoms with van der Waals surface area (Å²) in [6.07, 6.45) is 4.96. The average Bonchev–Trinajstić information content (AvgIpc) is 3.23. The first-order chi connectivity index (χ1) is 16.9. The van der Waals surface area contributed by atoms with Crippen LogP contribution in [0.3, 0.4) is 0 Å². The van der Waals surface area contributed by atoms with E-state index in [9.17, 15) is 14.7 Å². The number of hydrogen-bond acceptors (Lipinski definition) is 6. The van der Waals surface area contributed by atoms with Crippen LogP contribution in [-0.2, 0) is 24.1 Å². The van der Waals surface area contributed by atoms with Crippen molar-refractivity contribution < 1.29 is 19.4 Å². The molecule has 1 aliphatic rings. The van der Waals surface area contributed by atoms with Crippen LogP contribution in [0.5, 0.6) is 5.88 Å². The molecule has 0 spiro atoms. The third-order valence-electron chi connectivity index (χ3n) is 6.11. The third-order valence-corrected chi connectivity index (χ3v) is 6.11. The summed E-state index contributed by atoms with van der Waals surface area (Å²) >= 11 is 0. The van der Waals surface area contributed by atoms with Gasteiger partial charge in [0.2, 0.25) is 5.88 Å². The molecular weight excluding hydrogens is 446 g/mol. The van der Waals surface area contributed by atoms with Crippen molar-refractivity contribution in [1.29, 1.82) is 0 Å². The Labute approximate surface area is 204 Å². The van der Waals surface area contributed by atoms with Gasteiger partial charge in [0.25, 0.3) is 5.91 Å². The maximum Gasteiger partial charge on any atom is 0.305 e. The average molecular weight is 478 g/mol. The number of aryl methyl sites for hydroxylation is 4. The zero-order valence-corrected chi connectivity index (χ0v) is 20.1. The lowest BCUT2D eigenvalue weighted by Gasteiger charge is -2.17. The molecule has 0 saturated carbocycles. The number of nitrogens with one attached hydrogen (secondary N) is 3. The van der Waals surface area contributed by atoms with Crippen molar-refractivity contribution in [2.75, 3.05) is 18.5 Å². The molecule has 1 atom stereocenters. The Morgan fingerprint density at radius 3 is 2.83 bits per heavy atom. The van der Waals surface area contributed by atoms with Crippen LogP contribution >= 0.6 is 0 Å². The fourth-order valence-corrected chi connectivity index (χ4v) is 4.25. The molecule has 0 bridgehead atoms. The van der Waals surface area contributed by atoms with E-state index in [-0.39, 0.29) is 12.3 Å². The van der Waals surface area contributed by atoms with Crippen molar-refractivity contribution in [3.05, 3.63) is 70.3 Å². The monoisotopic (exact) mass is 477 g/mol. The Kier molecular flexibility index (Phi) is 7.64. The van der Waals surface area contributed by atoms with E-state index in [0.29, 0.717) is 23.7 Å². The molecule has 4 N–H and O–H groups in total. The van der Waals surface area contributed by atoms with E-state index in [2.05, 4.69) is 32.7 Å². The normalized spacial score (nSPS) is 13.4. The third kappa shape index (κ3) is 6.17. The van der Waals surface area contributed by atoms with Crippen molar-refractivity contribution in [3.63, 3.8) is 0 Å². The second kappa shape index (κ2) is 11.0. The number of aromatic amines is 1. The molecule has 0 aliphatic carbocycles. The number of nitrogens with zero attached hydrogens (tertiary/aromatic N) is 2. The number of aromatic nitrogens is 3. The maximum atomic E-state index is 13.0. The van der Waals surface area contributed by atoms with Gasteiger partial charge in [0, 0.05) is 30.2 Å². The van der Waals surface area contributed by atoms with Gasteiger partial charge in [-0.2, -0.15) is 0 Å². The van der Waals surface area contributed by atoms with Crippen molar-refractivity contribution in [2.24, 2.45) is 0 Å². The van der Waals surface area contributed by atoms with Crippen molar-refractivity contribution in [3.8, 4) is 5.88 Å². The lowest BCUT2D eigenvalue weighted by atomic mass is 10.0. The van der Waals surface area contributed by atoms with Gasteiger partial charge in [0.15, 0.2) is 0 Å². The SMILES string of the molecule is CCOc1ccc(C(CC(=O)O)NC(=O)c2cc(CCc3ccc4c(n3)NCCC4)c(C)[nH]2)cn1. The Balaban J connectivity index is 1.42. The van der Waals surface area contributed by atoms with Crippen LogP contribution in [0.2, 0.25) is 0 Å². The van der Waals surface area contributed by atoms with Gasteiger partial charge in [-0.05, 0) is 68.4 Å². The molecule has 1 amide bonds. The summed E-state index contributed by atoms with van der Waals surface area (Å²) in [6.45, 7) is 5.22. The molecule has 0 radical (unpaired) electrons. The number of H-pyrrole nitrogens is 1. The fourth-order valence-electron chi connectivity index (χ4n) is 4.25. The maximum absolute atomic E-state index is 13.0. The van der Waals surface area contributed by atoms with Gasteiger partial charge in [-0.25, -0.2) is 9.97 Å². The van der Waals surface area contributed by atoms with Gasteiger partial charge in [-0.3, -0.25) is 9.59 Å². The molecule has 9 nitrogen and oxygen atoms in total. The van der Waals surface area contributed by atoms with Crippen LogP contribution in [0.4, 0.5) is 5.82 Å². The molecule has 9 heteroatoms. The predicted octanol–water partition coefficient (Wildman–Crippen LogP) is 3.60. The van der Waals surface area contributed by atoms with Crippen LogP contribution in [0.15, 0.2) is 36.5 Å². The smallest absolute Gasteiger partial charge is 0.305 e. The molecule has 0 fully saturated rings. The van der Waals surface area contributed by atoms with Gasteiger partial charge in [-0.1, -0.05) is 12.1 Å². The zero-order chi connectivity index (χ0) is 24.8. The second-order valence-electron chi connectivity index (χ2n) is 8.66. The molecule has 184 valence electrons. The number of aliphatic carboxylic acids is 1. The Morgan fingerprint density at radius 1 is 1.23 bits per heavy atom. The molecule has 35 heavy (non-hydrogen) atoms. The van der Waals surface area contributed by atoms with Crippen molar-refractivity contribution >= 4 is 17.7 Å². The minimum atomic E-state index is -1.01. The molecule has 4 rings (SSSR count). The fraction of sp³-hybridized carbons (Fsp3) is 0.385. The molecule has 3 aromatic rings. The van der Waals surface area contributed by atoms with E-state index in [1.165, 1.54) is 11.8 Å². The largest absolute Gasteiger partial charge is 0.481 e. The zero-order valence-electron chi connectivity index (χ0n) is 20.1. The number of pyridine rings is 2. The number of fused-ring (bicyclic) bond motifs is 1. The molecule has 0 saturated heterocycles. The van der Waals surface area contributed by atoms with Crippen LogP contribution in [0.25, 0.3) is 0 Å². The highest BCUT2D eigenvalue weighted by atomic mass is 16.5. The molecular formula is C26H31N5O4. The highest BCUT2D eigenvalue weighted by molar-refractivity contribution is 5.93. The number of ether oxygens (including phenoxy) is 1. The summed E-state index contributed by atoms with van der Waals surface area (Å²) in [5.74, 6) is 0.0495. The number of anilines is 1. The van der Waals surface area contributed by atoms with Gasteiger partial charge in [0.05, 0.1) is 19.1 Å². The van der Waals surface area contributed by atoms with Crippen molar-refractivity contribution in [2.45, 2.75) is 52.0 Å². The van der Waals surface area contributed by atoms with E-state index < -0.39 is 12.0 Å². The second-order valence-corrected chi connectivity index (χ2v) is 8.66. The van der Waals surface area contributed by atoms with Gasteiger partial charge >= 0.3 is 5.97 Å². The van der Waals surface area contributed by atoms with Crippen LogP contribution < -0.4 is 15.4 Å². The van der Waals surface area contributed by atoms with E-state index in [0.717, 1.165) is 55.0 Å². The molecule has 4 heterocycles. The Bertz CT molecular complexity index is 1190. The predicted molar refractivity (Wildman–Crippen MR) is 132 cm³/mol. The van der Waals surface area contributed by atoms with E-state index in [1.54, 1.807) is 12.1 Å². The number of carbonyl (C=O) groups excluding carboxylic acids is 1. The quantitative estimate of drug-likeness (QED) is 0.351. The number of carboxylic acids is 1. The van der Waals surface area contributed by atoms with Gasteiger partial charge in [0.1, 0.15) is 11.5 Å². The summed E-state index contributed by atoms with van der Waals surface area (Å²) in [5.41, 5.74) is 5.19. The summed E-state index contributed by atoms with van der Waals surface area (Å²) in [5, 5.41) is 15.5. The van der Waals surface area contributed by atoms with Crippen LogP contribution in [0, 0.1) is 6.92 Å². The van der Waals surface area contributed by atoms with E-state index in [1.807, 2.05) is 19.9 Å². The number of carbonyl (C=O) groups is 2. The topological polar surface area (TPSA) is 129 Å². The number of amides is 1. The Morgan fingerprint density at radius 2 is 2.09 bits per heavy atom. The number of hydrogen-bond donors (Lipinski definition) is 4. The summed E-state index contributed by atoms with van der Waals surface area (Å²) < 4.78 is 5.34. The number of carboxylic acid groups (broad SMARTS) is 1. The highest BCUT2D eigenvalue weighted by Crippen LogP contribution is 2.22. The minimum Gasteiger partial charge on any atom is -0.481 e. The van der Waals surface area contributed by atoms with Crippen molar-refractivity contribution in [1.82, 2.24) is 20.3 Å². The lowest BCUT2D eigenvalue weighted by molar-refractivity contribution is -0.137. The summed E-state index contributed by atoms with van der Waals surface area (Å²) in [7, 11) is 0. The molecule has 1 aliphatic heterocycles. The van der Waals surface area contributed by atoms with Crippen LogP contribution in [0.1, 0.15) is 64.4 Å².